The molecule has 0 unspecified atom stereocenters. The Balaban J connectivity index is 1.42. The quantitative estimate of drug-likeness (QED) is 0.722. The van der Waals surface area contributed by atoms with Crippen LogP contribution in [-0.4, -0.2) is 44.1 Å². The lowest BCUT2D eigenvalue weighted by Crippen LogP contribution is -3.12. The number of carbonyl (C=O) groups is 1. The van der Waals surface area contributed by atoms with Crippen LogP contribution in [0.1, 0.15) is 32.1 Å². The van der Waals surface area contributed by atoms with E-state index in [0.717, 1.165) is 44.4 Å². The second-order valence-corrected chi connectivity index (χ2v) is 6.62. The lowest BCUT2D eigenvalue weighted by Gasteiger charge is -2.31. The van der Waals surface area contributed by atoms with Crippen molar-refractivity contribution in [2.24, 2.45) is 17.8 Å². The van der Waals surface area contributed by atoms with Gasteiger partial charge in [0.25, 0.3) is 0 Å². The Bertz CT molecular complexity index is 312. The number of fused-ring (bicyclic) bond motifs is 2. The number of carbonyl (C=O) groups excluding carboxylic acids is 1. The van der Waals surface area contributed by atoms with Crippen LogP contribution in [0.25, 0.3) is 0 Å². The largest absolute Gasteiger partial charge is 0.335 e. The summed E-state index contributed by atoms with van der Waals surface area (Å²) < 4.78 is 0. The van der Waals surface area contributed by atoms with Gasteiger partial charge >= 0.3 is 0 Å². The van der Waals surface area contributed by atoms with Crippen LogP contribution in [-0.2, 0) is 4.79 Å². The molecule has 2 bridgehead atoms. The third kappa shape index (κ3) is 2.69. The summed E-state index contributed by atoms with van der Waals surface area (Å²) in [6, 6.07) is 0. The molecule has 2 saturated carbocycles. The monoisotopic (exact) mass is 252 g/mol. The van der Waals surface area contributed by atoms with Crippen molar-refractivity contribution in [3.05, 3.63) is 0 Å². The molecule has 18 heavy (non-hydrogen) atoms. The highest BCUT2D eigenvalue weighted by Crippen LogP contribution is 2.49. The summed E-state index contributed by atoms with van der Waals surface area (Å²) in [4.78, 5) is 13.6. The van der Waals surface area contributed by atoms with E-state index in [4.69, 9.17) is 0 Å². The molecule has 0 aromatic rings. The summed E-state index contributed by atoms with van der Waals surface area (Å²) in [5.41, 5.74) is 3.11. The van der Waals surface area contributed by atoms with E-state index in [0.29, 0.717) is 5.92 Å². The Labute approximate surface area is 110 Å². The Morgan fingerprint density at radius 1 is 1.28 bits per heavy atom. The number of amides is 1. The first-order chi connectivity index (χ1) is 8.70. The fraction of sp³-hybridized carbons (Fsp3) is 0.929. The van der Waals surface area contributed by atoms with Crippen LogP contribution in [0.2, 0.25) is 0 Å². The van der Waals surface area contributed by atoms with Gasteiger partial charge in [-0.2, -0.15) is 0 Å². The SMILES string of the molecule is C[NH+]1CCN(NC(=O)C[C@@H]2C[C@H]3CC[C@@H]2C3)CC1. The van der Waals surface area contributed by atoms with E-state index < -0.39 is 0 Å². The van der Waals surface area contributed by atoms with E-state index in [-0.39, 0.29) is 5.91 Å². The zero-order chi connectivity index (χ0) is 12.5. The van der Waals surface area contributed by atoms with Gasteiger partial charge < -0.3 is 4.90 Å². The lowest BCUT2D eigenvalue weighted by molar-refractivity contribution is -0.884. The van der Waals surface area contributed by atoms with E-state index in [1.54, 1.807) is 4.90 Å². The maximum atomic E-state index is 12.1. The molecule has 2 N–H and O–H groups in total. The predicted molar refractivity (Wildman–Crippen MR) is 69.9 cm³/mol. The summed E-state index contributed by atoms with van der Waals surface area (Å²) >= 11 is 0. The van der Waals surface area contributed by atoms with Crippen molar-refractivity contribution in [2.75, 3.05) is 33.2 Å². The van der Waals surface area contributed by atoms with Crippen molar-refractivity contribution in [3.8, 4) is 0 Å². The van der Waals surface area contributed by atoms with Crippen LogP contribution in [0, 0.1) is 17.8 Å². The van der Waals surface area contributed by atoms with Crippen molar-refractivity contribution in [3.63, 3.8) is 0 Å². The third-order valence-corrected chi connectivity index (χ3v) is 5.23. The number of rotatable bonds is 3. The number of nitrogens with one attached hydrogen (secondary N) is 2. The van der Waals surface area contributed by atoms with Gasteiger partial charge in [0.2, 0.25) is 5.91 Å². The Morgan fingerprint density at radius 3 is 2.67 bits per heavy atom. The zero-order valence-corrected chi connectivity index (χ0v) is 11.5. The second kappa shape index (κ2) is 5.17. The zero-order valence-electron chi connectivity index (χ0n) is 11.5. The molecular formula is C14H26N3O+. The van der Waals surface area contributed by atoms with E-state index in [1.165, 1.54) is 25.7 Å². The Morgan fingerprint density at radius 2 is 2.06 bits per heavy atom. The van der Waals surface area contributed by atoms with Gasteiger partial charge in [-0.25, -0.2) is 5.01 Å². The first-order valence-corrected chi connectivity index (χ1v) is 7.56. The summed E-state index contributed by atoms with van der Waals surface area (Å²) in [6.07, 6.45) is 6.27. The van der Waals surface area contributed by atoms with Crippen molar-refractivity contribution in [2.45, 2.75) is 32.1 Å². The van der Waals surface area contributed by atoms with E-state index in [2.05, 4.69) is 17.5 Å². The second-order valence-electron chi connectivity index (χ2n) is 6.62. The standard InChI is InChI=1S/C14H25N3O/c1-16-4-6-17(7-5-16)15-14(18)10-13-9-11-2-3-12(13)8-11/h11-13H,2-10H2,1H3,(H,15,18)/p+1/t11-,12+,13-/m0/s1. The van der Waals surface area contributed by atoms with Gasteiger partial charge in [0.15, 0.2) is 0 Å². The number of hydrazine groups is 1. The number of nitrogens with zero attached hydrogens (tertiary/aromatic N) is 1. The molecule has 1 saturated heterocycles. The van der Waals surface area contributed by atoms with Crippen LogP contribution >= 0.6 is 0 Å². The van der Waals surface area contributed by atoms with Crippen LogP contribution in [0.3, 0.4) is 0 Å². The highest BCUT2D eigenvalue weighted by Gasteiger charge is 2.40. The highest BCUT2D eigenvalue weighted by molar-refractivity contribution is 5.75. The minimum Gasteiger partial charge on any atom is -0.335 e. The molecule has 0 aromatic carbocycles. The molecule has 0 aromatic heterocycles. The molecule has 4 nitrogen and oxygen atoms in total. The molecule has 2 aliphatic carbocycles. The maximum absolute atomic E-state index is 12.1. The van der Waals surface area contributed by atoms with Gasteiger partial charge in [-0.1, -0.05) is 6.42 Å². The van der Waals surface area contributed by atoms with Gasteiger partial charge in [0, 0.05) is 6.42 Å². The molecule has 0 radical (unpaired) electrons. The number of hydrogen-bond donors (Lipinski definition) is 2. The van der Waals surface area contributed by atoms with Crippen LogP contribution in [0.5, 0.6) is 0 Å². The highest BCUT2D eigenvalue weighted by atomic mass is 16.2. The summed E-state index contributed by atoms with van der Waals surface area (Å²) in [7, 11) is 2.22. The third-order valence-electron chi connectivity index (χ3n) is 5.23. The minimum absolute atomic E-state index is 0.257. The molecule has 3 rings (SSSR count). The van der Waals surface area contributed by atoms with Crippen molar-refractivity contribution in [1.82, 2.24) is 10.4 Å². The molecule has 1 heterocycles. The number of hydrogen-bond acceptors (Lipinski definition) is 2. The topological polar surface area (TPSA) is 36.8 Å². The number of likely N-dealkylation sites (N-methyl/N-ethyl adjacent to an activating group) is 1. The normalized spacial score (nSPS) is 37.1. The molecule has 102 valence electrons. The maximum Gasteiger partial charge on any atom is 0.234 e. The molecule has 3 atom stereocenters. The van der Waals surface area contributed by atoms with Gasteiger partial charge in [-0.3, -0.25) is 10.2 Å². The van der Waals surface area contributed by atoms with E-state index in [9.17, 15) is 4.79 Å². The first kappa shape index (κ1) is 12.4. The Hall–Kier alpha value is -0.610. The number of piperazine rings is 1. The fourth-order valence-corrected chi connectivity index (χ4v) is 4.09. The molecule has 3 fully saturated rings. The first-order valence-electron chi connectivity index (χ1n) is 7.56. The van der Waals surface area contributed by atoms with Crippen molar-refractivity contribution < 1.29 is 9.69 Å². The predicted octanol–water partition coefficient (Wildman–Crippen LogP) is -0.326. The molecule has 3 aliphatic rings. The van der Waals surface area contributed by atoms with Gasteiger partial charge in [-0.15, -0.1) is 0 Å². The van der Waals surface area contributed by atoms with Crippen LogP contribution in [0.15, 0.2) is 0 Å². The summed E-state index contributed by atoms with van der Waals surface area (Å²) in [6.45, 7) is 4.26. The van der Waals surface area contributed by atoms with Gasteiger partial charge in [-0.05, 0) is 37.0 Å². The number of quaternary nitrogens is 1. The van der Waals surface area contributed by atoms with E-state index in [1.807, 2.05) is 0 Å². The van der Waals surface area contributed by atoms with Crippen LogP contribution < -0.4 is 10.3 Å². The molecule has 1 amide bonds. The fourth-order valence-electron chi connectivity index (χ4n) is 4.09. The van der Waals surface area contributed by atoms with Crippen LogP contribution in [0.4, 0.5) is 0 Å². The molecule has 0 spiro atoms. The Kier molecular flexibility index (Phi) is 3.57. The minimum atomic E-state index is 0.257. The molecule has 4 heteroatoms. The smallest absolute Gasteiger partial charge is 0.234 e. The molecule has 1 aliphatic heterocycles. The van der Waals surface area contributed by atoms with E-state index >= 15 is 0 Å². The van der Waals surface area contributed by atoms with Gasteiger partial charge in [0.1, 0.15) is 0 Å². The van der Waals surface area contributed by atoms with Gasteiger partial charge in [0.05, 0.1) is 33.2 Å². The lowest BCUT2D eigenvalue weighted by atomic mass is 9.86. The van der Waals surface area contributed by atoms with Crippen molar-refractivity contribution in [1.29, 1.82) is 0 Å². The molecular weight excluding hydrogens is 226 g/mol. The summed E-state index contributed by atoms with van der Waals surface area (Å²) in [5.74, 6) is 2.74. The van der Waals surface area contributed by atoms with Crippen molar-refractivity contribution >= 4 is 5.91 Å². The average Bonchev–Trinajstić information content (AvgIpc) is 2.94. The average molecular weight is 252 g/mol. The summed E-state index contributed by atoms with van der Waals surface area (Å²) in [5, 5.41) is 2.11.